The van der Waals surface area contributed by atoms with Gasteiger partial charge in [-0.25, -0.2) is 0 Å². The smallest absolute Gasteiger partial charge is 0.416 e. The maximum absolute atomic E-state index is 12.5. The van der Waals surface area contributed by atoms with E-state index in [1.807, 2.05) is 0 Å². The molecule has 1 aromatic carbocycles. The molecule has 2 rings (SSSR count). The van der Waals surface area contributed by atoms with Crippen LogP contribution in [0.2, 0.25) is 0 Å². The summed E-state index contributed by atoms with van der Waals surface area (Å²) in [7, 11) is 0. The Kier molecular flexibility index (Phi) is 2.96. The highest BCUT2D eigenvalue weighted by molar-refractivity contribution is 7.73. The molecular formula is C10H6F3NOS2. The minimum Gasteiger partial charge on any atom is -0.494 e. The molecule has 17 heavy (non-hydrogen) atoms. The number of alkyl halides is 3. The summed E-state index contributed by atoms with van der Waals surface area (Å²) < 4.78 is 39.0. The van der Waals surface area contributed by atoms with Crippen molar-refractivity contribution in [2.45, 2.75) is 6.18 Å². The quantitative estimate of drug-likeness (QED) is 0.797. The number of thiazole rings is 1. The maximum atomic E-state index is 12.5. The minimum absolute atomic E-state index is 0.167. The number of nitrogens with zero attached hydrogens (tertiary/aromatic N) is 1. The molecule has 2 nitrogen and oxygen atoms in total. The molecule has 0 atom stereocenters. The molecule has 0 unspecified atom stereocenters. The van der Waals surface area contributed by atoms with E-state index in [4.69, 9.17) is 12.2 Å². The van der Waals surface area contributed by atoms with E-state index in [9.17, 15) is 18.3 Å². The van der Waals surface area contributed by atoms with Gasteiger partial charge in [-0.3, -0.25) is 4.57 Å². The Bertz CT molecular complexity index is 600. The van der Waals surface area contributed by atoms with E-state index in [0.29, 0.717) is 3.95 Å². The second kappa shape index (κ2) is 4.15. The van der Waals surface area contributed by atoms with Gasteiger partial charge < -0.3 is 5.11 Å². The molecule has 0 bridgehead atoms. The summed E-state index contributed by atoms with van der Waals surface area (Å²) in [4.78, 5) is 0. The monoisotopic (exact) mass is 277 g/mol. The molecule has 1 N–H and O–H groups in total. The highest BCUT2D eigenvalue weighted by Gasteiger charge is 2.30. The summed E-state index contributed by atoms with van der Waals surface area (Å²) in [5.41, 5.74) is -0.578. The van der Waals surface area contributed by atoms with E-state index in [-0.39, 0.29) is 11.6 Å². The summed E-state index contributed by atoms with van der Waals surface area (Å²) in [6.45, 7) is 0. The topological polar surface area (TPSA) is 25.2 Å². The lowest BCUT2D eigenvalue weighted by atomic mass is 10.2. The molecule has 0 saturated carbocycles. The molecule has 0 aliphatic carbocycles. The average molecular weight is 277 g/mol. The van der Waals surface area contributed by atoms with Crippen molar-refractivity contribution < 1.29 is 18.3 Å². The van der Waals surface area contributed by atoms with Crippen LogP contribution in [0.25, 0.3) is 5.69 Å². The van der Waals surface area contributed by atoms with Crippen molar-refractivity contribution in [3.8, 4) is 11.6 Å². The minimum atomic E-state index is -4.41. The molecule has 1 aromatic heterocycles. The van der Waals surface area contributed by atoms with Gasteiger partial charge >= 0.3 is 6.18 Å². The fourth-order valence-electron chi connectivity index (χ4n) is 1.36. The van der Waals surface area contributed by atoms with Crippen LogP contribution in [-0.4, -0.2) is 9.67 Å². The molecule has 0 aliphatic rings. The third-order valence-electron chi connectivity index (χ3n) is 2.11. The SMILES string of the molecule is Oc1csc(=S)n1-c1cccc(C(F)(F)F)c1. The van der Waals surface area contributed by atoms with E-state index >= 15 is 0 Å². The van der Waals surface area contributed by atoms with Crippen molar-refractivity contribution in [3.05, 3.63) is 39.2 Å². The maximum Gasteiger partial charge on any atom is 0.416 e. The van der Waals surface area contributed by atoms with Crippen molar-refractivity contribution in [3.63, 3.8) is 0 Å². The number of rotatable bonds is 1. The first kappa shape index (κ1) is 12.1. The number of benzene rings is 1. The third-order valence-corrected chi connectivity index (χ3v) is 3.29. The van der Waals surface area contributed by atoms with Gasteiger partial charge in [0.15, 0.2) is 3.95 Å². The van der Waals surface area contributed by atoms with E-state index in [0.717, 1.165) is 23.5 Å². The molecule has 0 radical (unpaired) electrons. The second-order valence-electron chi connectivity index (χ2n) is 3.24. The van der Waals surface area contributed by atoms with Crippen molar-refractivity contribution >= 4 is 23.6 Å². The Labute approximate surface area is 104 Å². The van der Waals surface area contributed by atoms with Crippen LogP contribution < -0.4 is 0 Å². The fourth-order valence-corrected chi connectivity index (χ4v) is 2.32. The van der Waals surface area contributed by atoms with Crippen molar-refractivity contribution in [1.82, 2.24) is 4.57 Å². The van der Waals surface area contributed by atoms with Crippen LogP contribution in [0.1, 0.15) is 5.56 Å². The second-order valence-corrected chi connectivity index (χ2v) is 4.75. The van der Waals surface area contributed by atoms with Gasteiger partial charge in [0.1, 0.15) is 0 Å². The van der Waals surface area contributed by atoms with Gasteiger partial charge in [-0.1, -0.05) is 6.07 Å². The van der Waals surface area contributed by atoms with Gasteiger partial charge in [-0.15, -0.1) is 11.3 Å². The van der Waals surface area contributed by atoms with Crippen LogP contribution in [0.3, 0.4) is 0 Å². The molecular weight excluding hydrogens is 271 g/mol. The van der Waals surface area contributed by atoms with Gasteiger partial charge in [0.25, 0.3) is 0 Å². The largest absolute Gasteiger partial charge is 0.494 e. The lowest BCUT2D eigenvalue weighted by Crippen LogP contribution is -2.05. The van der Waals surface area contributed by atoms with Crippen molar-refractivity contribution in [2.75, 3.05) is 0 Å². The molecule has 2 aromatic rings. The van der Waals surface area contributed by atoms with Crippen LogP contribution in [-0.2, 0) is 6.18 Å². The Morgan fingerprint density at radius 1 is 1.29 bits per heavy atom. The van der Waals surface area contributed by atoms with E-state index < -0.39 is 11.7 Å². The lowest BCUT2D eigenvalue weighted by molar-refractivity contribution is -0.137. The molecule has 0 amide bonds. The first-order valence-corrected chi connectivity index (χ1v) is 5.75. The Balaban J connectivity index is 2.59. The normalized spacial score (nSPS) is 11.7. The van der Waals surface area contributed by atoms with Crippen LogP contribution >= 0.6 is 23.6 Å². The Hall–Kier alpha value is -1.34. The van der Waals surface area contributed by atoms with Crippen LogP contribution in [0.5, 0.6) is 5.88 Å². The highest BCUT2D eigenvalue weighted by atomic mass is 32.1. The summed E-state index contributed by atoms with van der Waals surface area (Å²) in [5, 5.41) is 10.9. The van der Waals surface area contributed by atoms with Crippen molar-refractivity contribution in [1.29, 1.82) is 0 Å². The standard InChI is InChI=1S/C10H6F3NOS2/c11-10(12,13)6-2-1-3-7(4-6)14-8(15)5-17-9(14)16/h1-5,15H. The molecule has 1 heterocycles. The highest BCUT2D eigenvalue weighted by Crippen LogP contribution is 2.31. The predicted octanol–water partition coefficient (Wildman–Crippen LogP) is 3.99. The summed E-state index contributed by atoms with van der Waals surface area (Å²) >= 11 is 6.02. The Morgan fingerprint density at radius 3 is 2.53 bits per heavy atom. The van der Waals surface area contributed by atoms with Gasteiger partial charge in [0, 0.05) is 0 Å². The predicted molar refractivity (Wildman–Crippen MR) is 61.1 cm³/mol. The lowest BCUT2D eigenvalue weighted by Gasteiger charge is -2.09. The molecule has 0 aliphatic heterocycles. The van der Waals surface area contributed by atoms with E-state index in [1.54, 1.807) is 0 Å². The van der Waals surface area contributed by atoms with Crippen molar-refractivity contribution in [2.24, 2.45) is 0 Å². The molecule has 0 fully saturated rings. The van der Waals surface area contributed by atoms with Gasteiger partial charge in [-0.2, -0.15) is 13.2 Å². The van der Waals surface area contributed by atoms with Gasteiger partial charge in [0.2, 0.25) is 5.88 Å². The van der Waals surface area contributed by atoms with Gasteiger partial charge in [0.05, 0.1) is 16.6 Å². The van der Waals surface area contributed by atoms with Gasteiger partial charge in [-0.05, 0) is 30.4 Å². The Morgan fingerprint density at radius 2 is 2.00 bits per heavy atom. The van der Waals surface area contributed by atoms with Crippen LogP contribution in [0, 0.1) is 3.95 Å². The van der Waals surface area contributed by atoms with E-state index in [1.165, 1.54) is 22.1 Å². The van der Waals surface area contributed by atoms with Crippen LogP contribution in [0.4, 0.5) is 13.2 Å². The zero-order chi connectivity index (χ0) is 12.6. The zero-order valence-electron chi connectivity index (χ0n) is 8.23. The molecule has 0 saturated heterocycles. The summed E-state index contributed by atoms with van der Waals surface area (Å²) in [6.07, 6.45) is -4.41. The first-order chi connectivity index (χ1) is 7.89. The molecule has 0 spiro atoms. The summed E-state index contributed by atoms with van der Waals surface area (Å²) in [5.74, 6) is -0.167. The fraction of sp³-hybridized carbons (Fsp3) is 0.100. The number of hydrogen-bond donors (Lipinski definition) is 1. The third kappa shape index (κ3) is 2.34. The summed E-state index contributed by atoms with van der Waals surface area (Å²) in [6, 6.07) is 4.65. The number of aromatic nitrogens is 1. The number of hydrogen-bond acceptors (Lipinski definition) is 3. The van der Waals surface area contributed by atoms with Crippen LogP contribution in [0.15, 0.2) is 29.6 Å². The number of aromatic hydroxyl groups is 1. The molecule has 90 valence electrons. The zero-order valence-corrected chi connectivity index (χ0v) is 9.86. The first-order valence-electron chi connectivity index (χ1n) is 4.47. The average Bonchev–Trinajstić information content (AvgIpc) is 2.57. The molecule has 7 heteroatoms. The van der Waals surface area contributed by atoms with E-state index in [2.05, 4.69) is 0 Å². The number of halogens is 3.